The lowest BCUT2D eigenvalue weighted by atomic mass is 10.2. The van der Waals surface area contributed by atoms with Gasteiger partial charge in [-0.1, -0.05) is 23.2 Å². The molecule has 13 nitrogen and oxygen atoms in total. The van der Waals surface area contributed by atoms with Crippen LogP contribution in [0.15, 0.2) is 85.2 Å². The first-order valence-corrected chi connectivity index (χ1v) is 18.3. The van der Waals surface area contributed by atoms with Gasteiger partial charge in [-0.15, -0.1) is 11.3 Å². The Bertz CT molecular complexity index is 2530. The molecule has 0 aliphatic heterocycles. The zero-order valence-corrected chi connectivity index (χ0v) is 33.4. The number of benzene rings is 4. The molecule has 4 aromatic carbocycles. The Morgan fingerprint density at radius 3 is 1.59 bits per heavy atom. The van der Waals surface area contributed by atoms with E-state index in [2.05, 4.69) is 25.6 Å². The average molecular weight is 816 g/mol. The first-order chi connectivity index (χ1) is 27.0. The van der Waals surface area contributed by atoms with Crippen LogP contribution in [0, 0.1) is 13.8 Å². The highest BCUT2D eigenvalue weighted by molar-refractivity contribution is 7.15. The number of aromatic nitrogens is 3. The van der Waals surface area contributed by atoms with Crippen LogP contribution in [0.3, 0.4) is 0 Å². The van der Waals surface area contributed by atoms with E-state index in [1.165, 1.54) is 11.3 Å². The molecule has 0 aliphatic rings. The minimum atomic E-state index is -0.408. The molecule has 0 atom stereocenters. The van der Waals surface area contributed by atoms with Gasteiger partial charge in [0.2, 0.25) is 0 Å². The van der Waals surface area contributed by atoms with Crippen molar-refractivity contribution in [2.24, 2.45) is 0 Å². The van der Waals surface area contributed by atoms with E-state index in [0.717, 1.165) is 26.9 Å². The zero-order chi connectivity index (χ0) is 39.9. The molecule has 7 rings (SSSR count). The Kier molecular flexibility index (Phi) is 12.3. The first kappa shape index (κ1) is 39.5. The number of halogens is 2. The van der Waals surface area contributed by atoms with Gasteiger partial charge in [0.25, 0.3) is 0 Å². The van der Waals surface area contributed by atoms with E-state index < -0.39 is 6.03 Å². The predicted molar refractivity (Wildman–Crippen MR) is 221 cm³/mol. The largest absolute Gasteiger partial charge is 0.493 e. The number of amides is 2. The minimum absolute atomic E-state index is 0.333. The highest BCUT2D eigenvalue weighted by Crippen LogP contribution is 2.40. The number of nitrogen functional groups attached to an aromatic ring is 1. The van der Waals surface area contributed by atoms with Gasteiger partial charge in [-0.2, -0.15) is 0 Å². The Morgan fingerprint density at radius 2 is 1.12 bits per heavy atom. The zero-order valence-electron chi connectivity index (χ0n) is 31.0. The number of aryl methyl sites for hydroxylation is 2. The highest BCUT2D eigenvalue weighted by Gasteiger charge is 2.15. The van der Waals surface area contributed by atoms with E-state index >= 15 is 0 Å². The number of thiazole rings is 1. The third kappa shape index (κ3) is 9.00. The van der Waals surface area contributed by atoms with E-state index in [1.54, 1.807) is 108 Å². The van der Waals surface area contributed by atoms with E-state index in [-0.39, 0.29) is 0 Å². The molecule has 0 aliphatic carbocycles. The second-order valence-electron chi connectivity index (χ2n) is 11.8. The van der Waals surface area contributed by atoms with Gasteiger partial charge in [-0.05, 0) is 74.5 Å². The van der Waals surface area contributed by atoms with Crippen LogP contribution < -0.4 is 44.8 Å². The predicted octanol–water partition coefficient (Wildman–Crippen LogP) is 10.7. The number of anilines is 3. The molecule has 0 spiro atoms. The number of carbonyl (C=O) groups excluding carboxylic acids is 1. The van der Waals surface area contributed by atoms with E-state index in [1.807, 2.05) is 19.9 Å². The normalized spacial score (nSPS) is 10.6. The van der Waals surface area contributed by atoms with E-state index in [0.29, 0.717) is 78.1 Å². The Hall–Kier alpha value is -6.22. The fraction of sp³-hybridized carbons (Fsp3) is 0.150. The number of nitrogens with one attached hydrogen (secondary N) is 2. The Morgan fingerprint density at radius 1 is 0.625 bits per heavy atom. The lowest BCUT2D eigenvalue weighted by molar-refractivity contribution is 0.262. The summed E-state index contributed by atoms with van der Waals surface area (Å²) in [6.45, 7) is 3.85. The molecular formula is C40H36Cl2N6O7S. The summed E-state index contributed by atoms with van der Waals surface area (Å²) < 4.78 is 33.4. The third-order valence-electron chi connectivity index (χ3n) is 8.25. The minimum Gasteiger partial charge on any atom is -0.493 e. The van der Waals surface area contributed by atoms with Crippen molar-refractivity contribution < 1.29 is 33.2 Å². The number of hydrogen-bond donors (Lipinski definition) is 3. The van der Waals surface area contributed by atoms with Crippen LogP contribution in [0.4, 0.5) is 21.3 Å². The molecule has 288 valence electrons. The summed E-state index contributed by atoms with van der Waals surface area (Å²) in [4.78, 5) is 26.3. The summed E-state index contributed by atoms with van der Waals surface area (Å²) in [7, 11) is 6.30. The number of methoxy groups -OCH3 is 4. The second kappa shape index (κ2) is 17.5. The summed E-state index contributed by atoms with van der Waals surface area (Å²) in [5.41, 5.74) is 9.09. The van der Waals surface area contributed by atoms with Gasteiger partial charge in [-0.3, -0.25) is 15.3 Å². The van der Waals surface area contributed by atoms with Crippen LogP contribution in [-0.2, 0) is 0 Å². The molecule has 16 heteroatoms. The summed E-state index contributed by atoms with van der Waals surface area (Å²) in [5, 5.41) is 8.30. The van der Waals surface area contributed by atoms with Crippen molar-refractivity contribution in [3.05, 3.63) is 106 Å². The summed E-state index contributed by atoms with van der Waals surface area (Å²) >= 11 is 14.0. The van der Waals surface area contributed by atoms with Gasteiger partial charge in [0.1, 0.15) is 23.0 Å². The number of hydrogen-bond acceptors (Lipinski definition) is 12. The molecule has 56 heavy (non-hydrogen) atoms. The third-order valence-corrected chi connectivity index (χ3v) is 9.83. The van der Waals surface area contributed by atoms with Crippen LogP contribution in [0.2, 0.25) is 10.0 Å². The van der Waals surface area contributed by atoms with Gasteiger partial charge in [0.15, 0.2) is 28.1 Å². The molecule has 3 heterocycles. The molecule has 0 bridgehead atoms. The second-order valence-corrected chi connectivity index (χ2v) is 13.9. The first-order valence-electron chi connectivity index (χ1n) is 16.7. The fourth-order valence-corrected chi connectivity index (χ4v) is 6.61. The van der Waals surface area contributed by atoms with E-state index in [4.69, 9.17) is 57.4 Å². The summed E-state index contributed by atoms with van der Waals surface area (Å²) in [6.07, 6.45) is 3.30. The van der Waals surface area contributed by atoms with Crippen molar-refractivity contribution in [3.63, 3.8) is 0 Å². The molecule has 0 radical (unpaired) electrons. The molecule has 3 aromatic heterocycles. The quantitative estimate of drug-likeness (QED) is 0.113. The van der Waals surface area contributed by atoms with Crippen molar-refractivity contribution in [1.82, 2.24) is 15.0 Å². The van der Waals surface area contributed by atoms with Crippen LogP contribution in [0.5, 0.6) is 46.0 Å². The topological polar surface area (TPSA) is 161 Å². The molecule has 0 saturated carbocycles. The molecule has 4 N–H and O–H groups in total. The SMILES string of the molecule is COc1cc2nccc(Oc3ccc(N)cc3Cl)c2cc1OC.COc1cc2nccc(Oc3ccc(NC(=O)Nc4nc(C)c(C)s4)cc3Cl)c2cc1OC. The average Bonchev–Trinajstić information content (AvgIpc) is 3.51. The fourth-order valence-electron chi connectivity index (χ4n) is 5.36. The lowest BCUT2D eigenvalue weighted by Gasteiger charge is -2.13. The van der Waals surface area contributed by atoms with Crippen LogP contribution in [0.1, 0.15) is 10.6 Å². The molecule has 0 unspecified atom stereocenters. The highest BCUT2D eigenvalue weighted by atomic mass is 35.5. The standard InChI is InChI=1S/C23H21ClN4O4S.C17H15ClN2O3/c1-12-13(2)33-23(26-12)28-22(29)27-14-5-6-19(16(24)9-14)32-18-7-8-25-17-11-21(31-4)20(30-3)10-15(17)18;1-21-16-8-11-13(9-17(16)22-2)20-6-5-14(11)23-15-4-3-10(19)7-12(15)18/h5-11H,1-4H3,(H2,26,27,28,29);3-9H,19H2,1-2H3. The Labute approximate surface area is 336 Å². The van der Waals surface area contributed by atoms with Crippen molar-refractivity contribution in [2.45, 2.75) is 13.8 Å². The van der Waals surface area contributed by atoms with Gasteiger partial charge in [-0.25, -0.2) is 9.78 Å². The number of ether oxygens (including phenoxy) is 6. The van der Waals surface area contributed by atoms with Crippen molar-refractivity contribution in [2.75, 3.05) is 44.8 Å². The van der Waals surface area contributed by atoms with Crippen molar-refractivity contribution >= 4 is 78.9 Å². The number of carbonyl (C=O) groups is 1. The molecule has 7 aromatic rings. The molecule has 2 amide bonds. The van der Waals surface area contributed by atoms with Gasteiger partial charge in [0.05, 0.1) is 55.2 Å². The Balaban J connectivity index is 0.000000202. The number of fused-ring (bicyclic) bond motifs is 2. The van der Waals surface area contributed by atoms with Gasteiger partial charge < -0.3 is 39.5 Å². The van der Waals surface area contributed by atoms with Crippen molar-refractivity contribution in [3.8, 4) is 46.0 Å². The van der Waals surface area contributed by atoms with Gasteiger partial charge in [0, 0.05) is 51.6 Å². The molecule has 0 fully saturated rings. The maximum absolute atomic E-state index is 12.3. The molecule has 0 saturated heterocycles. The number of rotatable bonds is 10. The number of nitrogens with two attached hydrogens (primary N) is 1. The van der Waals surface area contributed by atoms with Crippen molar-refractivity contribution in [1.29, 1.82) is 0 Å². The van der Waals surface area contributed by atoms with Gasteiger partial charge >= 0.3 is 6.03 Å². The maximum atomic E-state index is 12.3. The maximum Gasteiger partial charge on any atom is 0.325 e. The van der Waals surface area contributed by atoms with E-state index in [9.17, 15) is 4.79 Å². The summed E-state index contributed by atoms with van der Waals surface area (Å²) in [5.74, 6) is 4.45. The van der Waals surface area contributed by atoms with Crippen LogP contribution in [0.25, 0.3) is 21.8 Å². The number of nitrogens with zero attached hydrogens (tertiary/aromatic N) is 3. The summed E-state index contributed by atoms with van der Waals surface area (Å²) in [6, 6.07) is 20.4. The number of pyridine rings is 2. The molecular weight excluding hydrogens is 779 g/mol. The number of urea groups is 1. The lowest BCUT2D eigenvalue weighted by Crippen LogP contribution is -2.19. The van der Waals surface area contributed by atoms with Crippen LogP contribution in [-0.4, -0.2) is 49.4 Å². The monoisotopic (exact) mass is 814 g/mol. The smallest absolute Gasteiger partial charge is 0.325 e. The van der Waals surface area contributed by atoms with Crippen LogP contribution >= 0.6 is 34.5 Å².